The van der Waals surface area contributed by atoms with E-state index in [1.165, 1.54) is 0 Å². The minimum Gasteiger partial charge on any atom is -0.358 e. The predicted octanol–water partition coefficient (Wildman–Crippen LogP) is -0.965. The monoisotopic (exact) mass is 271 g/mol. The number of nitrogens with one attached hydrogen (secondary N) is 2. The van der Waals surface area contributed by atoms with E-state index in [1.807, 2.05) is 0 Å². The molecule has 1 aromatic heterocycles. The maximum atomic E-state index is 11.1. The fourth-order valence-corrected chi connectivity index (χ4v) is 1.33. The standard InChI is InChI=1S/C8H6BrN3O3/c1-3-4(9)2-5-6(12-15-3)11-8(14)7(13)10-5/h2H,1H3,(H,10,13)(H,11,12,14). The lowest BCUT2D eigenvalue weighted by molar-refractivity contribution is 0.214. The predicted molar refractivity (Wildman–Crippen MR) is 55.6 cm³/mol. The van der Waals surface area contributed by atoms with Gasteiger partial charge >= 0.3 is 11.1 Å². The number of fused-ring (bicyclic) bond motifs is 1. The van der Waals surface area contributed by atoms with Gasteiger partial charge in [-0.05, 0) is 28.9 Å². The van der Waals surface area contributed by atoms with Gasteiger partial charge in [0, 0.05) is 0 Å². The van der Waals surface area contributed by atoms with Crippen molar-refractivity contribution in [3.05, 3.63) is 41.8 Å². The highest BCUT2D eigenvalue weighted by atomic mass is 79.9. The molecule has 0 spiro atoms. The molecule has 0 amide bonds. The molecule has 0 atom stereocenters. The summed E-state index contributed by atoms with van der Waals surface area (Å²) in [5.74, 6) is 0.535. The first-order chi connectivity index (χ1) is 7.08. The molecular formula is C8H6BrN3O3. The Morgan fingerprint density at radius 2 is 2.00 bits per heavy atom. The minimum absolute atomic E-state index is 0.188. The molecule has 78 valence electrons. The number of aromatic nitrogens is 2. The zero-order valence-electron chi connectivity index (χ0n) is 7.63. The Morgan fingerprint density at radius 1 is 1.33 bits per heavy atom. The molecule has 2 rings (SSSR count). The Hall–Kier alpha value is -1.63. The largest absolute Gasteiger partial charge is 0.358 e. The molecule has 0 aromatic carbocycles. The average molecular weight is 272 g/mol. The molecule has 0 unspecified atom stereocenters. The summed E-state index contributed by atoms with van der Waals surface area (Å²) in [6.45, 7) is 1.70. The number of allylic oxidation sites excluding steroid dienone is 2. The van der Waals surface area contributed by atoms with Crippen molar-refractivity contribution in [1.29, 1.82) is 0 Å². The van der Waals surface area contributed by atoms with Gasteiger partial charge in [-0.15, -0.1) is 0 Å². The summed E-state index contributed by atoms with van der Waals surface area (Å²) in [6.07, 6.45) is 1.61. The van der Waals surface area contributed by atoms with Crippen LogP contribution in [-0.2, 0) is 4.84 Å². The van der Waals surface area contributed by atoms with E-state index in [9.17, 15) is 9.59 Å². The molecular weight excluding hydrogens is 266 g/mol. The van der Waals surface area contributed by atoms with E-state index >= 15 is 0 Å². The average Bonchev–Trinajstić information content (AvgIpc) is 2.31. The molecule has 1 aromatic rings. The number of H-pyrrole nitrogens is 2. The number of hydrogen-bond acceptors (Lipinski definition) is 4. The highest BCUT2D eigenvalue weighted by molar-refractivity contribution is 9.12. The molecule has 0 saturated carbocycles. The summed E-state index contributed by atoms with van der Waals surface area (Å²) in [7, 11) is 0. The van der Waals surface area contributed by atoms with Gasteiger partial charge in [0.2, 0.25) is 0 Å². The van der Waals surface area contributed by atoms with Gasteiger partial charge in [0.1, 0.15) is 5.76 Å². The maximum Gasteiger partial charge on any atom is 0.315 e. The Labute approximate surface area is 91.1 Å². The fourth-order valence-electron chi connectivity index (χ4n) is 1.03. The van der Waals surface area contributed by atoms with Crippen molar-refractivity contribution in [2.45, 2.75) is 6.92 Å². The van der Waals surface area contributed by atoms with Gasteiger partial charge in [0.15, 0.2) is 5.49 Å². The fraction of sp³-hybridized carbons (Fsp3) is 0.125. The van der Waals surface area contributed by atoms with Gasteiger partial charge in [0.05, 0.1) is 9.83 Å². The van der Waals surface area contributed by atoms with Crippen LogP contribution in [0.1, 0.15) is 6.92 Å². The van der Waals surface area contributed by atoms with Crippen LogP contribution in [-0.4, -0.2) is 9.97 Å². The maximum absolute atomic E-state index is 11.1. The first-order valence-corrected chi connectivity index (χ1v) is 4.83. The third kappa shape index (κ3) is 1.78. The lowest BCUT2D eigenvalue weighted by Gasteiger charge is -1.94. The molecule has 0 radical (unpaired) electrons. The second-order valence-corrected chi connectivity index (χ2v) is 3.76. The highest BCUT2D eigenvalue weighted by Crippen LogP contribution is 2.14. The Bertz CT molecular complexity index is 668. The molecule has 15 heavy (non-hydrogen) atoms. The molecule has 7 heteroatoms. The molecule has 1 aliphatic heterocycles. The summed E-state index contributed by atoms with van der Waals surface area (Å²) >= 11 is 3.24. The summed E-state index contributed by atoms with van der Waals surface area (Å²) in [6, 6.07) is 0. The van der Waals surface area contributed by atoms with E-state index in [0.717, 1.165) is 0 Å². The first-order valence-electron chi connectivity index (χ1n) is 4.03. The van der Waals surface area contributed by atoms with Crippen molar-refractivity contribution < 1.29 is 4.84 Å². The molecule has 2 heterocycles. The zero-order chi connectivity index (χ0) is 11.0. The molecule has 2 N–H and O–H groups in total. The van der Waals surface area contributed by atoms with Gasteiger partial charge in [-0.2, -0.15) is 0 Å². The molecule has 0 saturated heterocycles. The summed E-state index contributed by atoms with van der Waals surface area (Å²) in [5.41, 5.74) is -1.29. The van der Waals surface area contributed by atoms with E-state index < -0.39 is 11.1 Å². The van der Waals surface area contributed by atoms with Crippen molar-refractivity contribution in [2.24, 2.45) is 5.16 Å². The van der Waals surface area contributed by atoms with Crippen molar-refractivity contribution in [3.8, 4) is 0 Å². The second-order valence-electron chi connectivity index (χ2n) is 2.90. The van der Waals surface area contributed by atoms with Crippen LogP contribution in [0.15, 0.2) is 25.0 Å². The van der Waals surface area contributed by atoms with Gasteiger partial charge in [-0.1, -0.05) is 5.16 Å². The van der Waals surface area contributed by atoms with Crippen LogP contribution in [0.2, 0.25) is 0 Å². The van der Waals surface area contributed by atoms with Crippen LogP contribution in [0.5, 0.6) is 0 Å². The van der Waals surface area contributed by atoms with Crippen LogP contribution in [0, 0.1) is 0 Å². The number of nitrogens with zero attached hydrogens (tertiary/aromatic N) is 1. The summed E-state index contributed by atoms with van der Waals surface area (Å²) in [5, 5.41) is 4.07. The van der Waals surface area contributed by atoms with Gasteiger partial charge in [-0.25, -0.2) is 0 Å². The van der Waals surface area contributed by atoms with E-state index in [-0.39, 0.29) is 5.49 Å². The normalized spacial score (nSPS) is 14.5. The van der Waals surface area contributed by atoms with E-state index in [0.29, 0.717) is 15.6 Å². The van der Waals surface area contributed by atoms with Crippen molar-refractivity contribution in [1.82, 2.24) is 9.97 Å². The van der Waals surface area contributed by atoms with Gasteiger partial charge in [0.25, 0.3) is 0 Å². The van der Waals surface area contributed by atoms with Crippen LogP contribution in [0.4, 0.5) is 0 Å². The lowest BCUT2D eigenvalue weighted by Crippen LogP contribution is -2.46. The smallest absolute Gasteiger partial charge is 0.315 e. The van der Waals surface area contributed by atoms with Crippen LogP contribution < -0.4 is 22.0 Å². The third-order valence-electron chi connectivity index (χ3n) is 1.82. The summed E-state index contributed by atoms with van der Waals surface area (Å²) in [4.78, 5) is 31.7. The van der Waals surface area contributed by atoms with E-state index in [2.05, 4.69) is 31.1 Å². The van der Waals surface area contributed by atoms with E-state index in [1.54, 1.807) is 13.0 Å². The lowest BCUT2D eigenvalue weighted by atomic mass is 10.4. The first kappa shape index (κ1) is 9.91. The molecule has 0 fully saturated rings. The number of halogens is 1. The van der Waals surface area contributed by atoms with Crippen LogP contribution in [0.3, 0.4) is 0 Å². The third-order valence-corrected chi connectivity index (χ3v) is 2.61. The molecule has 0 bridgehead atoms. The minimum atomic E-state index is -0.759. The van der Waals surface area contributed by atoms with Crippen molar-refractivity contribution in [3.63, 3.8) is 0 Å². The number of hydrogen-bond donors (Lipinski definition) is 2. The van der Waals surface area contributed by atoms with Crippen LogP contribution in [0.25, 0.3) is 6.08 Å². The Morgan fingerprint density at radius 3 is 2.73 bits per heavy atom. The zero-order valence-corrected chi connectivity index (χ0v) is 9.21. The Kier molecular flexibility index (Phi) is 2.31. The highest BCUT2D eigenvalue weighted by Gasteiger charge is 2.04. The second kappa shape index (κ2) is 3.50. The molecule has 0 aliphatic carbocycles. The number of rotatable bonds is 0. The van der Waals surface area contributed by atoms with Crippen molar-refractivity contribution in [2.75, 3.05) is 0 Å². The topological polar surface area (TPSA) is 87.3 Å². The summed E-state index contributed by atoms with van der Waals surface area (Å²) < 4.78 is 0.646. The van der Waals surface area contributed by atoms with E-state index in [4.69, 9.17) is 4.84 Å². The molecule has 6 nitrogen and oxygen atoms in total. The van der Waals surface area contributed by atoms with Crippen molar-refractivity contribution >= 4 is 22.0 Å². The van der Waals surface area contributed by atoms with Crippen LogP contribution >= 0.6 is 15.9 Å². The van der Waals surface area contributed by atoms with Gasteiger partial charge in [-0.3, -0.25) is 14.6 Å². The Balaban J connectivity index is 2.90. The quantitative estimate of drug-likeness (QED) is 0.596. The van der Waals surface area contributed by atoms with Gasteiger partial charge < -0.3 is 9.82 Å². The number of aromatic amines is 2. The SMILES string of the molecule is CC1=C(Br)C=c2[nH]c(=O)c(=O)[nH]c2=NO1. The molecule has 1 aliphatic rings.